The second-order valence-electron chi connectivity index (χ2n) is 8.61. The molecule has 0 aliphatic carbocycles. The van der Waals surface area contributed by atoms with Crippen LogP contribution in [0.2, 0.25) is 0 Å². The van der Waals surface area contributed by atoms with Crippen LogP contribution in [0.15, 0.2) is 53.7 Å². The Bertz CT molecular complexity index is 1110. The summed E-state index contributed by atoms with van der Waals surface area (Å²) >= 11 is 0. The average molecular weight is 432 g/mol. The maximum Gasteiger partial charge on any atom is 0.255 e. The molecule has 5 rings (SSSR count). The summed E-state index contributed by atoms with van der Waals surface area (Å²) in [6, 6.07) is 12.5. The zero-order chi connectivity index (χ0) is 21.9. The van der Waals surface area contributed by atoms with Gasteiger partial charge in [-0.15, -0.1) is 0 Å². The molecule has 8 heteroatoms. The SMILES string of the molecule is Cn1c(N2CCNC(c3ccc(CN4CCCC4)cc3)C2)nc(-c2ccncn2)cc1=O. The number of rotatable bonds is 5. The molecule has 0 radical (unpaired) electrons. The Morgan fingerprint density at radius 1 is 1.06 bits per heavy atom. The average Bonchev–Trinajstić information content (AvgIpc) is 3.35. The number of anilines is 1. The third kappa shape index (κ3) is 4.42. The predicted octanol–water partition coefficient (Wildman–Crippen LogP) is 1.98. The van der Waals surface area contributed by atoms with Crippen LogP contribution in [0.5, 0.6) is 0 Å². The maximum atomic E-state index is 12.6. The van der Waals surface area contributed by atoms with Crippen molar-refractivity contribution in [2.24, 2.45) is 7.05 Å². The van der Waals surface area contributed by atoms with Gasteiger partial charge in [-0.05, 0) is 43.1 Å². The minimum absolute atomic E-state index is 0.0926. The van der Waals surface area contributed by atoms with Gasteiger partial charge in [0.1, 0.15) is 6.33 Å². The van der Waals surface area contributed by atoms with Crippen molar-refractivity contribution in [3.05, 3.63) is 70.4 Å². The minimum Gasteiger partial charge on any atom is -0.339 e. The maximum absolute atomic E-state index is 12.6. The third-order valence-electron chi connectivity index (χ3n) is 6.40. The van der Waals surface area contributed by atoms with E-state index >= 15 is 0 Å². The van der Waals surface area contributed by atoms with Crippen molar-refractivity contribution in [2.45, 2.75) is 25.4 Å². The second-order valence-corrected chi connectivity index (χ2v) is 8.61. The summed E-state index contributed by atoms with van der Waals surface area (Å²) in [5.74, 6) is 0.670. The van der Waals surface area contributed by atoms with Gasteiger partial charge in [0.15, 0.2) is 0 Å². The molecule has 1 unspecified atom stereocenters. The monoisotopic (exact) mass is 431 g/mol. The fraction of sp³-hybridized carbons (Fsp3) is 0.417. The van der Waals surface area contributed by atoms with Gasteiger partial charge in [-0.1, -0.05) is 24.3 Å². The van der Waals surface area contributed by atoms with Gasteiger partial charge in [-0.2, -0.15) is 0 Å². The van der Waals surface area contributed by atoms with Crippen LogP contribution in [0.25, 0.3) is 11.4 Å². The molecule has 8 nitrogen and oxygen atoms in total. The summed E-state index contributed by atoms with van der Waals surface area (Å²) < 4.78 is 1.62. The van der Waals surface area contributed by atoms with Gasteiger partial charge in [0.05, 0.1) is 11.4 Å². The summed E-state index contributed by atoms with van der Waals surface area (Å²) in [4.78, 5) is 30.4. The molecule has 2 aliphatic rings. The van der Waals surface area contributed by atoms with Gasteiger partial charge in [-0.3, -0.25) is 14.3 Å². The van der Waals surface area contributed by atoms with Gasteiger partial charge in [0.25, 0.3) is 5.56 Å². The van der Waals surface area contributed by atoms with Crippen molar-refractivity contribution in [1.82, 2.24) is 29.7 Å². The van der Waals surface area contributed by atoms with E-state index in [0.717, 1.165) is 26.2 Å². The van der Waals surface area contributed by atoms with E-state index in [-0.39, 0.29) is 11.6 Å². The van der Waals surface area contributed by atoms with E-state index in [1.165, 1.54) is 49.5 Å². The molecule has 1 aromatic carbocycles. The topological polar surface area (TPSA) is 79.2 Å². The third-order valence-corrected chi connectivity index (χ3v) is 6.40. The molecule has 2 aromatic heterocycles. The van der Waals surface area contributed by atoms with Crippen molar-refractivity contribution in [3.8, 4) is 11.4 Å². The van der Waals surface area contributed by atoms with Crippen LogP contribution in [0, 0.1) is 0 Å². The van der Waals surface area contributed by atoms with E-state index in [4.69, 9.17) is 4.98 Å². The number of benzene rings is 1. The molecule has 1 N–H and O–H groups in total. The van der Waals surface area contributed by atoms with Gasteiger partial charge >= 0.3 is 0 Å². The summed E-state index contributed by atoms with van der Waals surface area (Å²) in [5.41, 5.74) is 3.76. The lowest BCUT2D eigenvalue weighted by Gasteiger charge is -2.35. The Hall–Kier alpha value is -3.10. The lowest BCUT2D eigenvalue weighted by Crippen LogP contribution is -2.47. The highest BCUT2D eigenvalue weighted by Crippen LogP contribution is 2.23. The van der Waals surface area contributed by atoms with Crippen molar-refractivity contribution in [3.63, 3.8) is 0 Å². The Morgan fingerprint density at radius 2 is 1.88 bits per heavy atom. The first-order chi connectivity index (χ1) is 15.7. The molecule has 2 aliphatic heterocycles. The number of likely N-dealkylation sites (tertiary alicyclic amines) is 1. The van der Waals surface area contributed by atoms with Crippen molar-refractivity contribution in [1.29, 1.82) is 0 Å². The van der Waals surface area contributed by atoms with E-state index in [1.807, 2.05) is 0 Å². The molecule has 4 heterocycles. The first kappa shape index (κ1) is 20.8. The predicted molar refractivity (Wildman–Crippen MR) is 124 cm³/mol. The van der Waals surface area contributed by atoms with Crippen LogP contribution in [0.3, 0.4) is 0 Å². The molecule has 1 atom stereocenters. The van der Waals surface area contributed by atoms with Gasteiger partial charge < -0.3 is 10.2 Å². The largest absolute Gasteiger partial charge is 0.339 e. The van der Waals surface area contributed by atoms with E-state index < -0.39 is 0 Å². The van der Waals surface area contributed by atoms with Gasteiger partial charge in [0.2, 0.25) is 5.95 Å². The number of nitrogens with one attached hydrogen (secondary N) is 1. The van der Waals surface area contributed by atoms with E-state index in [9.17, 15) is 4.79 Å². The molecule has 0 amide bonds. The highest BCUT2D eigenvalue weighted by atomic mass is 16.1. The fourth-order valence-corrected chi connectivity index (χ4v) is 4.59. The number of aromatic nitrogens is 4. The minimum atomic E-state index is -0.0926. The Labute approximate surface area is 188 Å². The molecule has 0 saturated carbocycles. The first-order valence-electron chi connectivity index (χ1n) is 11.3. The van der Waals surface area contributed by atoms with Crippen LogP contribution in [0.1, 0.15) is 30.0 Å². The number of hydrogen-bond acceptors (Lipinski definition) is 7. The quantitative estimate of drug-likeness (QED) is 0.662. The number of piperazine rings is 1. The standard InChI is InChI=1S/C24H29N7O/c1-29-23(32)14-21(20-8-9-25-17-27-20)28-24(29)31-13-10-26-22(16-31)19-6-4-18(5-7-19)15-30-11-2-3-12-30/h4-9,14,17,22,26H,2-3,10-13,15-16H2,1H3. The lowest BCUT2D eigenvalue weighted by molar-refractivity contribution is 0.331. The van der Waals surface area contributed by atoms with Crippen LogP contribution in [-0.4, -0.2) is 57.1 Å². The molecule has 0 bridgehead atoms. The highest BCUT2D eigenvalue weighted by molar-refractivity contribution is 5.55. The van der Waals surface area contributed by atoms with Gasteiger partial charge in [0, 0.05) is 51.5 Å². The molecule has 2 fully saturated rings. The molecule has 2 saturated heterocycles. The molecule has 0 spiro atoms. The number of nitrogens with zero attached hydrogens (tertiary/aromatic N) is 6. The Morgan fingerprint density at radius 3 is 2.62 bits per heavy atom. The molecular formula is C24H29N7O. The second kappa shape index (κ2) is 9.18. The van der Waals surface area contributed by atoms with E-state index in [0.29, 0.717) is 17.3 Å². The zero-order valence-corrected chi connectivity index (χ0v) is 18.4. The van der Waals surface area contributed by atoms with Crippen LogP contribution in [0.4, 0.5) is 5.95 Å². The van der Waals surface area contributed by atoms with Crippen LogP contribution in [-0.2, 0) is 13.6 Å². The highest BCUT2D eigenvalue weighted by Gasteiger charge is 2.24. The summed E-state index contributed by atoms with van der Waals surface area (Å²) in [6.45, 7) is 5.82. The summed E-state index contributed by atoms with van der Waals surface area (Å²) in [6.07, 6.45) is 5.77. The normalized spacial score (nSPS) is 19.4. The van der Waals surface area contributed by atoms with Crippen molar-refractivity contribution < 1.29 is 0 Å². The molecule has 32 heavy (non-hydrogen) atoms. The first-order valence-corrected chi connectivity index (χ1v) is 11.3. The van der Waals surface area contributed by atoms with E-state index in [2.05, 4.69) is 49.4 Å². The smallest absolute Gasteiger partial charge is 0.255 e. The Balaban J connectivity index is 1.35. The molecule has 3 aromatic rings. The fourth-order valence-electron chi connectivity index (χ4n) is 4.59. The van der Waals surface area contributed by atoms with Crippen molar-refractivity contribution >= 4 is 5.95 Å². The van der Waals surface area contributed by atoms with Crippen LogP contribution >= 0.6 is 0 Å². The molecular weight excluding hydrogens is 402 g/mol. The number of hydrogen-bond donors (Lipinski definition) is 1. The van der Waals surface area contributed by atoms with Crippen molar-refractivity contribution in [2.75, 3.05) is 37.6 Å². The van der Waals surface area contributed by atoms with Crippen LogP contribution < -0.4 is 15.8 Å². The zero-order valence-electron chi connectivity index (χ0n) is 18.4. The Kier molecular flexibility index (Phi) is 5.96. The lowest BCUT2D eigenvalue weighted by atomic mass is 10.0. The summed E-state index contributed by atoms with van der Waals surface area (Å²) in [5, 5.41) is 3.62. The summed E-state index contributed by atoms with van der Waals surface area (Å²) in [7, 11) is 1.78. The molecule has 166 valence electrons. The van der Waals surface area contributed by atoms with E-state index in [1.54, 1.807) is 23.9 Å². The van der Waals surface area contributed by atoms with Gasteiger partial charge in [-0.25, -0.2) is 15.0 Å².